The first-order valence-corrected chi connectivity index (χ1v) is 10.0. The van der Waals surface area contributed by atoms with E-state index in [1.165, 1.54) is 24.7 Å². The Morgan fingerprint density at radius 3 is 2.35 bits per heavy atom. The summed E-state index contributed by atoms with van der Waals surface area (Å²) in [7, 11) is -2.23. The van der Waals surface area contributed by atoms with Gasteiger partial charge in [0, 0.05) is 11.6 Å². The molecule has 0 aliphatic heterocycles. The van der Waals surface area contributed by atoms with Crippen LogP contribution in [0.2, 0.25) is 0 Å². The lowest BCUT2D eigenvalue weighted by molar-refractivity contribution is 0.0934. The van der Waals surface area contributed by atoms with Gasteiger partial charge in [-0.1, -0.05) is 50.2 Å². The van der Waals surface area contributed by atoms with Gasteiger partial charge >= 0.3 is 0 Å². The third kappa shape index (κ3) is 4.93. The lowest BCUT2D eigenvalue weighted by atomic mass is 9.79. The number of hydrogen-bond donors (Lipinski definition) is 2. The first-order chi connectivity index (χ1) is 12.2. The molecule has 0 spiro atoms. The van der Waals surface area contributed by atoms with Crippen LogP contribution in [0.25, 0.3) is 0 Å². The molecule has 0 saturated carbocycles. The number of benzene rings is 2. The zero-order valence-electron chi connectivity index (χ0n) is 15.6. The molecule has 2 aromatic rings. The molecule has 26 heavy (non-hydrogen) atoms. The molecule has 0 aliphatic carbocycles. The van der Waals surface area contributed by atoms with Crippen molar-refractivity contribution in [1.82, 2.24) is 10.0 Å². The van der Waals surface area contributed by atoms with Crippen molar-refractivity contribution >= 4 is 15.9 Å². The van der Waals surface area contributed by atoms with Crippen molar-refractivity contribution in [2.45, 2.75) is 43.5 Å². The summed E-state index contributed by atoms with van der Waals surface area (Å²) in [5.74, 6) is -0.283. The van der Waals surface area contributed by atoms with E-state index in [-0.39, 0.29) is 22.3 Å². The van der Waals surface area contributed by atoms with Gasteiger partial charge in [0.25, 0.3) is 5.91 Å². The number of hydrogen-bond acceptors (Lipinski definition) is 3. The van der Waals surface area contributed by atoms with Crippen molar-refractivity contribution in [2.75, 3.05) is 7.05 Å². The minimum Gasteiger partial charge on any atom is -0.350 e. The lowest BCUT2D eigenvalue weighted by Gasteiger charge is -2.29. The van der Waals surface area contributed by atoms with Crippen LogP contribution in [0.4, 0.5) is 0 Å². The van der Waals surface area contributed by atoms with Gasteiger partial charge in [-0.05, 0) is 49.6 Å². The van der Waals surface area contributed by atoms with E-state index in [9.17, 15) is 13.2 Å². The molecule has 0 unspecified atom stereocenters. The Kier molecular flexibility index (Phi) is 6.21. The molecule has 0 saturated heterocycles. The molecule has 1 atom stereocenters. The summed E-state index contributed by atoms with van der Waals surface area (Å²) in [6.07, 6.45) is 0.761. The van der Waals surface area contributed by atoms with Gasteiger partial charge < -0.3 is 5.32 Å². The second-order valence-corrected chi connectivity index (χ2v) is 8.95. The van der Waals surface area contributed by atoms with Crippen molar-refractivity contribution in [3.8, 4) is 0 Å². The summed E-state index contributed by atoms with van der Waals surface area (Å²) in [6.45, 7) is 6.24. The predicted octanol–water partition coefficient (Wildman–Crippen LogP) is 3.08. The summed E-state index contributed by atoms with van der Waals surface area (Å²) in [5, 5.41) is 2.96. The lowest BCUT2D eigenvalue weighted by Crippen LogP contribution is -2.37. The standard InChI is InChI=1S/C20H26N2O3S/c1-15(14-20(2,3)17-10-6-5-7-11-17)22-19(23)16-9-8-12-18(13-16)26(24,25)21-4/h5-13,15,21H,14H2,1-4H3,(H,22,23)/t15-/m1/s1. The summed E-state index contributed by atoms with van der Waals surface area (Å²) in [5.41, 5.74) is 1.44. The average Bonchev–Trinajstić information content (AvgIpc) is 2.62. The Balaban J connectivity index is 2.09. The minimum absolute atomic E-state index is 0.0673. The highest BCUT2D eigenvalue weighted by atomic mass is 32.2. The average molecular weight is 375 g/mol. The molecule has 2 aromatic carbocycles. The molecule has 1 amide bonds. The Morgan fingerprint density at radius 1 is 1.08 bits per heavy atom. The van der Waals surface area contributed by atoms with E-state index in [0.29, 0.717) is 5.56 Å². The first-order valence-electron chi connectivity index (χ1n) is 8.56. The van der Waals surface area contributed by atoms with E-state index in [4.69, 9.17) is 0 Å². The molecule has 0 aromatic heterocycles. The number of carbonyl (C=O) groups excluding carboxylic acids is 1. The fraction of sp³-hybridized carbons (Fsp3) is 0.350. The van der Waals surface area contributed by atoms with E-state index < -0.39 is 10.0 Å². The second kappa shape index (κ2) is 8.01. The van der Waals surface area contributed by atoms with Gasteiger partial charge in [0.2, 0.25) is 10.0 Å². The minimum atomic E-state index is -3.58. The summed E-state index contributed by atoms with van der Waals surface area (Å²) >= 11 is 0. The topological polar surface area (TPSA) is 75.3 Å². The molecule has 0 fully saturated rings. The largest absolute Gasteiger partial charge is 0.350 e. The maximum absolute atomic E-state index is 12.5. The third-order valence-corrected chi connectivity index (χ3v) is 5.84. The maximum atomic E-state index is 12.5. The molecule has 0 radical (unpaired) electrons. The quantitative estimate of drug-likeness (QED) is 0.782. The van der Waals surface area contributed by atoms with Crippen molar-refractivity contribution < 1.29 is 13.2 Å². The Morgan fingerprint density at radius 2 is 1.73 bits per heavy atom. The van der Waals surface area contributed by atoms with Crippen LogP contribution in [0.3, 0.4) is 0 Å². The molecule has 2 N–H and O–H groups in total. The Hall–Kier alpha value is -2.18. The maximum Gasteiger partial charge on any atom is 0.251 e. The molecule has 2 rings (SSSR count). The molecular weight excluding hydrogens is 348 g/mol. The molecule has 140 valence electrons. The summed E-state index contributed by atoms with van der Waals surface area (Å²) in [4.78, 5) is 12.6. The molecule has 6 heteroatoms. The van der Waals surface area contributed by atoms with E-state index in [0.717, 1.165) is 6.42 Å². The van der Waals surface area contributed by atoms with Crippen LogP contribution in [0.1, 0.15) is 43.1 Å². The summed E-state index contributed by atoms with van der Waals surface area (Å²) < 4.78 is 26.1. The van der Waals surface area contributed by atoms with Crippen LogP contribution in [0.15, 0.2) is 59.5 Å². The van der Waals surface area contributed by atoms with Crippen molar-refractivity contribution in [1.29, 1.82) is 0 Å². The van der Waals surface area contributed by atoms with Crippen LogP contribution in [-0.4, -0.2) is 27.4 Å². The van der Waals surface area contributed by atoms with Crippen molar-refractivity contribution in [2.24, 2.45) is 0 Å². The van der Waals surface area contributed by atoms with Crippen LogP contribution in [0, 0.1) is 0 Å². The van der Waals surface area contributed by atoms with Gasteiger partial charge in [-0.2, -0.15) is 0 Å². The van der Waals surface area contributed by atoms with Gasteiger partial charge in [-0.3, -0.25) is 4.79 Å². The molecule has 5 nitrogen and oxygen atoms in total. The number of carbonyl (C=O) groups is 1. The number of nitrogens with one attached hydrogen (secondary N) is 2. The normalized spacial score (nSPS) is 13.2. The number of sulfonamides is 1. The van der Waals surface area contributed by atoms with Gasteiger partial charge in [-0.25, -0.2) is 13.1 Å². The number of amides is 1. The van der Waals surface area contributed by atoms with Gasteiger partial charge in [-0.15, -0.1) is 0 Å². The monoisotopic (exact) mass is 374 g/mol. The van der Waals surface area contributed by atoms with Crippen LogP contribution >= 0.6 is 0 Å². The highest BCUT2D eigenvalue weighted by Gasteiger charge is 2.24. The predicted molar refractivity (Wildman–Crippen MR) is 104 cm³/mol. The smallest absolute Gasteiger partial charge is 0.251 e. The summed E-state index contributed by atoms with van der Waals surface area (Å²) in [6, 6.07) is 16.1. The van der Waals surface area contributed by atoms with E-state index in [1.54, 1.807) is 12.1 Å². The zero-order valence-corrected chi connectivity index (χ0v) is 16.4. The van der Waals surface area contributed by atoms with Gasteiger partial charge in [0.1, 0.15) is 0 Å². The zero-order chi connectivity index (χ0) is 19.4. The molecule has 0 aliphatic rings. The van der Waals surface area contributed by atoms with Crippen LogP contribution in [0.5, 0.6) is 0 Å². The Labute approximate surface area is 155 Å². The second-order valence-electron chi connectivity index (χ2n) is 7.06. The van der Waals surface area contributed by atoms with Crippen LogP contribution in [-0.2, 0) is 15.4 Å². The molecular formula is C20H26N2O3S. The SMILES string of the molecule is CNS(=O)(=O)c1cccc(C(=O)N[C@H](C)CC(C)(C)c2ccccc2)c1. The van der Waals surface area contributed by atoms with E-state index in [1.807, 2.05) is 25.1 Å². The van der Waals surface area contributed by atoms with Crippen molar-refractivity contribution in [3.05, 3.63) is 65.7 Å². The Bertz CT molecular complexity index is 862. The molecule has 0 bridgehead atoms. The fourth-order valence-corrected chi connectivity index (χ4v) is 3.83. The first kappa shape index (κ1) is 20.1. The van der Waals surface area contributed by atoms with Crippen LogP contribution < -0.4 is 10.0 Å². The molecule has 0 heterocycles. The van der Waals surface area contributed by atoms with E-state index >= 15 is 0 Å². The van der Waals surface area contributed by atoms with E-state index in [2.05, 4.69) is 36.0 Å². The number of rotatable bonds is 7. The highest BCUT2D eigenvalue weighted by Crippen LogP contribution is 2.28. The highest BCUT2D eigenvalue weighted by molar-refractivity contribution is 7.89. The van der Waals surface area contributed by atoms with Gasteiger partial charge in [0.15, 0.2) is 0 Å². The third-order valence-electron chi connectivity index (χ3n) is 4.42. The van der Waals surface area contributed by atoms with Crippen molar-refractivity contribution in [3.63, 3.8) is 0 Å². The van der Waals surface area contributed by atoms with Gasteiger partial charge in [0.05, 0.1) is 4.90 Å². The fourth-order valence-electron chi connectivity index (χ4n) is 3.05.